The largest absolute Gasteiger partial charge is 0.458 e. The average Bonchev–Trinajstić information content (AvgIpc) is 3.16. The van der Waals surface area contributed by atoms with Gasteiger partial charge in [0.05, 0.1) is 29.0 Å². The van der Waals surface area contributed by atoms with Crippen molar-refractivity contribution in [3.63, 3.8) is 0 Å². The van der Waals surface area contributed by atoms with Gasteiger partial charge in [-0.15, -0.1) is 0 Å². The number of carbonyl (C=O) groups is 1. The molecule has 0 spiro atoms. The van der Waals surface area contributed by atoms with Crippen LogP contribution in [-0.4, -0.2) is 20.6 Å². The summed E-state index contributed by atoms with van der Waals surface area (Å²) < 4.78 is 45.3. The summed E-state index contributed by atoms with van der Waals surface area (Å²) in [5.41, 5.74) is 6.98. The van der Waals surface area contributed by atoms with Crippen molar-refractivity contribution in [2.45, 2.75) is 57.8 Å². The Morgan fingerprint density at radius 3 is 2.94 bits per heavy atom. The minimum absolute atomic E-state index is 0.0162. The van der Waals surface area contributed by atoms with Crippen molar-refractivity contribution >= 4 is 16.9 Å². The molecular formula is C24H22FN3O4. The molecule has 3 aromatic rings. The van der Waals surface area contributed by atoms with Gasteiger partial charge in [-0.05, 0) is 48.9 Å². The van der Waals surface area contributed by atoms with Crippen molar-refractivity contribution in [3.05, 3.63) is 61.7 Å². The van der Waals surface area contributed by atoms with Crippen LogP contribution in [0.5, 0.6) is 0 Å². The van der Waals surface area contributed by atoms with Crippen molar-refractivity contribution < 1.29 is 23.1 Å². The number of nitrogens with zero attached hydrogens (tertiary/aromatic N) is 2. The van der Waals surface area contributed by atoms with Crippen molar-refractivity contribution in [3.8, 4) is 11.4 Å². The van der Waals surface area contributed by atoms with E-state index in [9.17, 15) is 14.7 Å². The summed E-state index contributed by atoms with van der Waals surface area (Å²) in [5, 5.41) is 11.6. The zero-order chi connectivity index (χ0) is 25.0. The Balaban J connectivity index is 1.69. The number of aromatic nitrogens is 2. The molecule has 3 aliphatic rings. The molecule has 1 aliphatic carbocycles. The first-order chi connectivity index (χ1) is 16.5. The third-order valence-electron chi connectivity index (χ3n) is 7.15. The summed E-state index contributed by atoms with van der Waals surface area (Å²) in [6, 6.07) is 2.25. The summed E-state index contributed by atoms with van der Waals surface area (Å²) in [4.78, 5) is 30.5. The van der Waals surface area contributed by atoms with Crippen LogP contribution in [0.3, 0.4) is 0 Å². The summed E-state index contributed by atoms with van der Waals surface area (Å²) in [7, 11) is 0. The van der Waals surface area contributed by atoms with Gasteiger partial charge in [0, 0.05) is 32.7 Å². The maximum atomic E-state index is 15.1. The zero-order valence-corrected chi connectivity index (χ0v) is 17.3. The average molecular weight is 438 g/mol. The lowest BCUT2D eigenvalue weighted by atomic mass is 9.82. The number of benzene rings is 1. The number of esters is 1. The van der Waals surface area contributed by atoms with E-state index in [4.69, 9.17) is 14.6 Å². The van der Waals surface area contributed by atoms with Crippen molar-refractivity contribution in [2.24, 2.45) is 5.73 Å². The Morgan fingerprint density at radius 2 is 2.19 bits per heavy atom. The molecule has 0 amide bonds. The van der Waals surface area contributed by atoms with Crippen LogP contribution in [-0.2, 0) is 34.7 Å². The van der Waals surface area contributed by atoms with Crippen LogP contribution in [0, 0.1) is 12.7 Å². The second-order valence-electron chi connectivity index (χ2n) is 8.71. The predicted octanol–water partition coefficient (Wildman–Crippen LogP) is 2.47. The number of carbonyl (C=O) groups excluding carboxylic acids is 1. The standard InChI is InChI=1S/C24H22FN3O4/c1-3-24(31)14-6-18-21-12(8-28(18)22(29)13(14)9-32-23(24)30)19-16(26)5-4-11-10(2)15(25)7-17(27-21)20(11)19/h6-7,16,31H,3-5,8-9,26H2,1-2H3/t16-,24-/m0/s1/i2D3. The maximum Gasteiger partial charge on any atom is 0.343 e. The van der Waals surface area contributed by atoms with Crippen LogP contribution in [0.15, 0.2) is 16.9 Å². The van der Waals surface area contributed by atoms with Gasteiger partial charge in [-0.3, -0.25) is 4.79 Å². The smallest absolute Gasteiger partial charge is 0.343 e. The van der Waals surface area contributed by atoms with Gasteiger partial charge in [0.25, 0.3) is 5.56 Å². The van der Waals surface area contributed by atoms with Crippen LogP contribution >= 0.6 is 0 Å². The lowest BCUT2D eigenvalue weighted by molar-refractivity contribution is -0.172. The fraction of sp³-hybridized carbons (Fsp3) is 0.375. The molecule has 0 fully saturated rings. The molecule has 0 radical (unpaired) electrons. The lowest BCUT2D eigenvalue weighted by Gasteiger charge is -2.31. The molecule has 8 heteroatoms. The molecule has 4 heterocycles. The summed E-state index contributed by atoms with van der Waals surface area (Å²) in [6.45, 7) is -1.12. The number of ether oxygens (including phenoxy) is 1. The Labute approximate surface area is 186 Å². The first-order valence-corrected chi connectivity index (χ1v) is 10.6. The molecule has 7 nitrogen and oxygen atoms in total. The van der Waals surface area contributed by atoms with Gasteiger partial charge in [-0.25, -0.2) is 14.2 Å². The number of pyridine rings is 2. The fourth-order valence-electron chi connectivity index (χ4n) is 5.43. The molecule has 2 atom stereocenters. The number of hydrogen-bond donors (Lipinski definition) is 2. The number of aryl methyl sites for hydroxylation is 1. The molecule has 1 aromatic carbocycles. The van der Waals surface area contributed by atoms with Gasteiger partial charge >= 0.3 is 5.97 Å². The number of nitrogens with two attached hydrogens (primary N) is 1. The molecule has 32 heavy (non-hydrogen) atoms. The van der Waals surface area contributed by atoms with Gasteiger partial charge in [-0.1, -0.05) is 6.92 Å². The predicted molar refractivity (Wildman–Crippen MR) is 114 cm³/mol. The highest BCUT2D eigenvalue weighted by atomic mass is 19.1. The van der Waals surface area contributed by atoms with Crippen LogP contribution in [0.1, 0.15) is 63.3 Å². The fourth-order valence-corrected chi connectivity index (χ4v) is 5.43. The first kappa shape index (κ1) is 16.5. The van der Waals surface area contributed by atoms with Crippen LogP contribution in [0.25, 0.3) is 22.3 Å². The third kappa shape index (κ3) is 2.23. The molecule has 3 N–H and O–H groups in total. The minimum atomic E-state index is -2.64. The molecule has 6 rings (SSSR count). The van der Waals surface area contributed by atoms with E-state index >= 15 is 4.39 Å². The van der Waals surface area contributed by atoms with E-state index in [-0.39, 0.29) is 41.8 Å². The highest BCUT2D eigenvalue weighted by Gasteiger charge is 2.45. The van der Waals surface area contributed by atoms with E-state index in [0.29, 0.717) is 46.3 Å². The van der Waals surface area contributed by atoms with E-state index in [1.54, 1.807) is 13.0 Å². The van der Waals surface area contributed by atoms with E-state index in [2.05, 4.69) is 4.98 Å². The van der Waals surface area contributed by atoms with E-state index in [1.807, 2.05) is 0 Å². The number of rotatable bonds is 1. The Morgan fingerprint density at radius 1 is 1.38 bits per heavy atom. The Bertz CT molecular complexity index is 1550. The van der Waals surface area contributed by atoms with E-state index in [0.717, 1.165) is 6.07 Å². The molecule has 164 valence electrons. The molecule has 0 bridgehead atoms. The number of aliphatic hydroxyl groups is 1. The molecule has 0 saturated heterocycles. The molecule has 0 saturated carbocycles. The second kappa shape index (κ2) is 6.24. The van der Waals surface area contributed by atoms with Crippen molar-refractivity contribution in [1.82, 2.24) is 9.55 Å². The Hall–Kier alpha value is -3.10. The summed E-state index contributed by atoms with van der Waals surface area (Å²) in [6.07, 6.45) is 0.744. The summed E-state index contributed by atoms with van der Waals surface area (Å²) >= 11 is 0. The van der Waals surface area contributed by atoms with E-state index in [1.165, 1.54) is 4.57 Å². The van der Waals surface area contributed by atoms with Crippen LogP contribution in [0.2, 0.25) is 0 Å². The zero-order valence-electron chi connectivity index (χ0n) is 20.3. The molecule has 0 unspecified atom stereocenters. The molecule has 2 aromatic heterocycles. The van der Waals surface area contributed by atoms with Gasteiger partial charge in [-0.2, -0.15) is 0 Å². The maximum absolute atomic E-state index is 15.1. The van der Waals surface area contributed by atoms with Gasteiger partial charge in [0.2, 0.25) is 0 Å². The van der Waals surface area contributed by atoms with Crippen molar-refractivity contribution in [1.29, 1.82) is 0 Å². The van der Waals surface area contributed by atoms with Crippen molar-refractivity contribution in [2.75, 3.05) is 0 Å². The summed E-state index contributed by atoms with van der Waals surface area (Å²) in [5.74, 6) is -1.67. The number of halogens is 1. The van der Waals surface area contributed by atoms with E-state index < -0.39 is 35.8 Å². The third-order valence-corrected chi connectivity index (χ3v) is 7.15. The SMILES string of the molecule is [2H]C([2H])([2H])c1c(F)cc2nc3c(c4c2c1CC[C@@H]4N)Cn1c-3cc2c(c1=O)COC(=O)[C@]2(O)CC. The quantitative estimate of drug-likeness (QED) is 0.442. The van der Waals surface area contributed by atoms with Gasteiger partial charge < -0.3 is 20.1 Å². The monoisotopic (exact) mass is 438 g/mol. The van der Waals surface area contributed by atoms with Gasteiger partial charge in [0.15, 0.2) is 5.60 Å². The second-order valence-corrected chi connectivity index (χ2v) is 8.71. The highest BCUT2D eigenvalue weighted by Crippen LogP contribution is 2.45. The topological polar surface area (TPSA) is 107 Å². The molecule has 2 aliphatic heterocycles. The van der Waals surface area contributed by atoms with Gasteiger partial charge in [0.1, 0.15) is 12.4 Å². The normalized spacial score (nSPS) is 24.8. The van der Waals surface area contributed by atoms with Crippen LogP contribution < -0.4 is 11.3 Å². The first-order valence-electron chi connectivity index (χ1n) is 12.1. The minimum Gasteiger partial charge on any atom is -0.458 e. The highest BCUT2D eigenvalue weighted by molar-refractivity contribution is 5.93. The number of hydrogen-bond acceptors (Lipinski definition) is 6. The molecular weight excluding hydrogens is 413 g/mol. The Kier molecular flexibility index (Phi) is 3.22. The number of fused-ring (bicyclic) bond motifs is 5. The lowest BCUT2D eigenvalue weighted by Crippen LogP contribution is -2.44. The number of cyclic esters (lactones) is 1. The van der Waals surface area contributed by atoms with Crippen LogP contribution in [0.4, 0.5) is 4.39 Å².